The Kier molecular flexibility index (Phi) is 4.35. The Bertz CT molecular complexity index is 1250. The molecule has 2 aliphatic carbocycles. The summed E-state index contributed by atoms with van der Waals surface area (Å²) in [4.78, 5) is 0. The van der Waals surface area contributed by atoms with Gasteiger partial charge in [-0.1, -0.05) is 83.3 Å². The van der Waals surface area contributed by atoms with E-state index < -0.39 is 0 Å². The lowest BCUT2D eigenvalue weighted by atomic mass is 9.89. The van der Waals surface area contributed by atoms with E-state index in [1.807, 2.05) is 0 Å². The molecular formula is C26H24IN. The van der Waals surface area contributed by atoms with Crippen LogP contribution in [0, 0.1) is 0 Å². The highest BCUT2D eigenvalue weighted by Gasteiger charge is 2.21. The van der Waals surface area contributed by atoms with Crippen molar-refractivity contribution < 1.29 is 0 Å². The van der Waals surface area contributed by atoms with Crippen LogP contribution in [0.4, 0.5) is 0 Å². The molecule has 0 saturated carbocycles. The fraction of sp³-hybridized carbons (Fsp3) is 0.231. The smallest absolute Gasteiger partial charge is 0.0524 e. The first-order valence-electron chi connectivity index (χ1n) is 9.99. The van der Waals surface area contributed by atoms with Gasteiger partial charge in [-0.05, 0) is 60.6 Å². The molecule has 140 valence electrons. The Morgan fingerprint density at radius 1 is 1.00 bits per heavy atom. The van der Waals surface area contributed by atoms with E-state index >= 15 is 0 Å². The number of aromatic nitrogens is 1. The minimum Gasteiger partial charge on any atom is -0.343 e. The number of allylic oxidation sites excluding steroid dienone is 4. The van der Waals surface area contributed by atoms with E-state index in [9.17, 15) is 0 Å². The van der Waals surface area contributed by atoms with Crippen molar-refractivity contribution in [1.82, 2.24) is 4.57 Å². The highest BCUT2D eigenvalue weighted by atomic mass is 127. The Labute approximate surface area is 179 Å². The zero-order valence-corrected chi connectivity index (χ0v) is 18.5. The van der Waals surface area contributed by atoms with Gasteiger partial charge in [0.1, 0.15) is 0 Å². The van der Waals surface area contributed by atoms with E-state index in [2.05, 4.69) is 114 Å². The van der Waals surface area contributed by atoms with Crippen molar-refractivity contribution in [2.24, 2.45) is 7.05 Å². The molecule has 1 aromatic heterocycles. The SMILES string of the molecule is Cn1c2c(c3cc(-c4ccccc4)ccc31)=CCCC=2C1=CCC(C)(I)C=C1. The summed E-state index contributed by atoms with van der Waals surface area (Å²) in [6.45, 7) is 2.30. The number of rotatable bonds is 2. The average Bonchev–Trinajstić information content (AvgIpc) is 3.01. The number of nitrogens with zero attached hydrogens (tertiary/aromatic N) is 1. The quantitative estimate of drug-likeness (QED) is 0.332. The van der Waals surface area contributed by atoms with Crippen LogP contribution in [0.1, 0.15) is 26.2 Å². The van der Waals surface area contributed by atoms with Crippen molar-refractivity contribution in [1.29, 1.82) is 0 Å². The van der Waals surface area contributed by atoms with Gasteiger partial charge >= 0.3 is 0 Å². The van der Waals surface area contributed by atoms with Crippen molar-refractivity contribution >= 4 is 45.1 Å². The molecule has 28 heavy (non-hydrogen) atoms. The second-order valence-electron chi connectivity index (χ2n) is 8.12. The molecule has 1 nitrogen and oxygen atoms in total. The lowest BCUT2D eigenvalue weighted by molar-refractivity contribution is 0.828. The molecule has 5 rings (SSSR count). The second-order valence-corrected chi connectivity index (χ2v) is 10.6. The zero-order chi connectivity index (χ0) is 19.3. The standard InChI is InChI=1S/C26H24IN/c1-26(27)15-13-19(14-16-26)21-9-6-10-22-23-17-20(18-7-4-3-5-8-18)11-12-24(23)28(2)25(21)22/h3-5,7-8,10-15,17H,6,9,16H2,1-2H3. The molecule has 1 atom stereocenters. The molecule has 1 unspecified atom stereocenters. The van der Waals surface area contributed by atoms with Gasteiger partial charge in [0.2, 0.25) is 0 Å². The number of fused-ring (bicyclic) bond motifs is 3. The van der Waals surface area contributed by atoms with Gasteiger partial charge in [0.15, 0.2) is 0 Å². The molecule has 0 aliphatic heterocycles. The molecule has 0 N–H and O–H groups in total. The van der Waals surface area contributed by atoms with Gasteiger partial charge in [-0.2, -0.15) is 0 Å². The predicted octanol–water partition coefficient (Wildman–Crippen LogP) is 5.65. The lowest BCUT2D eigenvalue weighted by Crippen LogP contribution is -2.33. The maximum absolute atomic E-state index is 2.55. The maximum Gasteiger partial charge on any atom is 0.0524 e. The van der Waals surface area contributed by atoms with Crippen molar-refractivity contribution in [2.45, 2.75) is 29.6 Å². The summed E-state index contributed by atoms with van der Waals surface area (Å²) in [5, 5.41) is 4.18. The first-order valence-corrected chi connectivity index (χ1v) is 11.1. The van der Waals surface area contributed by atoms with Gasteiger partial charge in [0.25, 0.3) is 0 Å². The van der Waals surface area contributed by atoms with Crippen molar-refractivity contribution in [3.8, 4) is 11.1 Å². The van der Waals surface area contributed by atoms with Crippen LogP contribution in [-0.4, -0.2) is 7.99 Å². The molecule has 0 amide bonds. The van der Waals surface area contributed by atoms with Crippen LogP contribution in [0.2, 0.25) is 0 Å². The number of halogens is 1. The Morgan fingerprint density at radius 3 is 2.57 bits per heavy atom. The average molecular weight is 477 g/mol. The van der Waals surface area contributed by atoms with Crippen LogP contribution in [-0.2, 0) is 7.05 Å². The third-order valence-electron chi connectivity index (χ3n) is 6.05. The largest absolute Gasteiger partial charge is 0.343 e. The summed E-state index contributed by atoms with van der Waals surface area (Å²) >= 11 is 2.55. The molecule has 0 fully saturated rings. The summed E-state index contributed by atoms with van der Waals surface area (Å²) in [7, 11) is 2.22. The summed E-state index contributed by atoms with van der Waals surface area (Å²) in [5.74, 6) is 0. The first kappa shape index (κ1) is 18.0. The van der Waals surface area contributed by atoms with Crippen LogP contribution in [0.3, 0.4) is 0 Å². The first-order chi connectivity index (χ1) is 13.5. The number of alkyl halides is 1. The highest BCUT2D eigenvalue weighted by Crippen LogP contribution is 2.33. The van der Waals surface area contributed by atoms with Crippen LogP contribution in [0.15, 0.2) is 72.3 Å². The van der Waals surface area contributed by atoms with E-state index in [-0.39, 0.29) is 3.42 Å². The van der Waals surface area contributed by atoms with Crippen molar-refractivity contribution in [3.05, 3.63) is 82.9 Å². The van der Waals surface area contributed by atoms with Gasteiger partial charge in [0, 0.05) is 26.6 Å². The summed E-state index contributed by atoms with van der Waals surface area (Å²) in [5.41, 5.74) is 6.80. The molecule has 0 spiro atoms. The lowest BCUT2D eigenvalue weighted by Gasteiger charge is -2.22. The summed E-state index contributed by atoms with van der Waals surface area (Å²) in [6.07, 6.45) is 12.9. The Hall–Kier alpha value is -2.07. The van der Waals surface area contributed by atoms with E-state index in [0.29, 0.717) is 0 Å². The number of hydrogen-bond acceptors (Lipinski definition) is 0. The Morgan fingerprint density at radius 2 is 1.82 bits per heavy atom. The van der Waals surface area contributed by atoms with Crippen molar-refractivity contribution in [3.63, 3.8) is 0 Å². The number of hydrogen-bond donors (Lipinski definition) is 0. The van der Waals surface area contributed by atoms with Gasteiger partial charge in [-0.3, -0.25) is 0 Å². The van der Waals surface area contributed by atoms with Crippen LogP contribution in [0.25, 0.3) is 33.7 Å². The highest BCUT2D eigenvalue weighted by molar-refractivity contribution is 14.1. The van der Waals surface area contributed by atoms with Gasteiger partial charge in [-0.25, -0.2) is 0 Å². The molecule has 0 bridgehead atoms. The van der Waals surface area contributed by atoms with Gasteiger partial charge in [0.05, 0.1) is 5.35 Å². The van der Waals surface area contributed by atoms with Gasteiger partial charge in [-0.15, -0.1) is 0 Å². The van der Waals surface area contributed by atoms with Crippen molar-refractivity contribution in [2.75, 3.05) is 0 Å². The fourth-order valence-electron chi connectivity index (χ4n) is 4.55. The minimum atomic E-state index is 0.245. The van der Waals surface area contributed by atoms with Crippen LogP contribution >= 0.6 is 22.6 Å². The third-order valence-corrected chi connectivity index (χ3v) is 6.85. The molecule has 2 aromatic carbocycles. The second kappa shape index (κ2) is 6.77. The molecule has 1 heterocycles. The monoisotopic (exact) mass is 477 g/mol. The van der Waals surface area contributed by atoms with Crippen LogP contribution < -0.4 is 10.6 Å². The number of aryl methyl sites for hydroxylation is 1. The molecular weight excluding hydrogens is 453 g/mol. The van der Waals surface area contributed by atoms with Gasteiger partial charge < -0.3 is 4.57 Å². The fourth-order valence-corrected chi connectivity index (χ4v) is 4.95. The zero-order valence-electron chi connectivity index (χ0n) is 16.4. The topological polar surface area (TPSA) is 4.93 Å². The minimum absolute atomic E-state index is 0.245. The maximum atomic E-state index is 2.55. The summed E-state index contributed by atoms with van der Waals surface area (Å²) < 4.78 is 2.64. The Balaban J connectivity index is 1.75. The van der Waals surface area contributed by atoms with E-state index in [0.717, 1.165) is 19.3 Å². The summed E-state index contributed by atoms with van der Waals surface area (Å²) in [6, 6.07) is 17.6. The molecule has 2 heteroatoms. The van der Waals surface area contributed by atoms with E-state index in [4.69, 9.17) is 0 Å². The molecule has 2 aliphatic rings. The van der Waals surface area contributed by atoms with E-state index in [1.165, 1.54) is 43.7 Å². The molecule has 0 radical (unpaired) electrons. The van der Waals surface area contributed by atoms with E-state index in [1.54, 1.807) is 0 Å². The molecule has 0 saturated heterocycles. The van der Waals surface area contributed by atoms with Crippen LogP contribution in [0.5, 0.6) is 0 Å². The number of benzene rings is 2. The third kappa shape index (κ3) is 2.98. The molecule has 3 aromatic rings. The predicted molar refractivity (Wildman–Crippen MR) is 129 cm³/mol. The normalized spacial score (nSPS) is 21.4.